The normalized spacial score (nSPS) is 21.8. The van der Waals surface area contributed by atoms with E-state index in [0.29, 0.717) is 17.7 Å². The molecule has 3 heterocycles. The Morgan fingerprint density at radius 2 is 1.78 bits per heavy atom. The number of carbonyl (C=O) groups is 4. The maximum atomic E-state index is 13.4. The largest absolute Gasteiger partial charge is 0.381 e. The fraction of sp³-hybridized carbons (Fsp3) is 0.333. The van der Waals surface area contributed by atoms with Crippen LogP contribution < -0.4 is 15.5 Å². The Morgan fingerprint density at radius 1 is 1.00 bits per heavy atom. The minimum Gasteiger partial charge on any atom is -0.381 e. The number of rotatable bonds is 3. The summed E-state index contributed by atoms with van der Waals surface area (Å²) in [5.74, 6) is -1.95. The second kappa shape index (κ2) is 7.19. The van der Waals surface area contributed by atoms with Gasteiger partial charge in [-0.25, -0.2) is 0 Å². The molecule has 0 aliphatic carbocycles. The molecule has 2 aromatic rings. The lowest BCUT2D eigenvalue weighted by molar-refractivity contribution is -0.136. The number of nitrogens with zero attached hydrogens (tertiary/aromatic N) is 2. The highest BCUT2D eigenvalue weighted by molar-refractivity contribution is 6.24. The van der Waals surface area contributed by atoms with E-state index < -0.39 is 23.8 Å². The Morgan fingerprint density at radius 3 is 2.56 bits per heavy atom. The van der Waals surface area contributed by atoms with Crippen LogP contribution in [0.4, 0.5) is 11.4 Å². The van der Waals surface area contributed by atoms with Crippen molar-refractivity contribution in [1.82, 2.24) is 10.2 Å². The lowest BCUT2D eigenvalue weighted by Gasteiger charge is -2.45. The van der Waals surface area contributed by atoms with Gasteiger partial charge in [0.1, 0.15) is 6.04 Å². The number of fused-ring (bicyclic) bond motifs is 2. The van der Waals surface area contributed by atoms with Gasteiger partial charge >= 0.3 is 0 Å². The maximum Gasteiger partial charge on any atom is 0.262 e. The molecule has 2 N–H and O–H groups in total. The Hall–Kier alpha value is -3.68. The molecule has 0 radical (unpaired) electrons. The van der Waals surface area contributed by atoms with E-state index in [1.807, 2.05) is 30.3 Å². The number of carbonyl (C=O) groups excluding carboxylic acids is 4. The highest BCUT2D eigenvalue weighted by Gasteiger charge is 2.46. The molecular weight excluding hydrogens is 408 g/mol. The first-order valence-corrected chi connectivity index (χ1v) is 10.7. The van der Waals surface area contributed by atoms with E-state index in [-0.39, 0.29) is 24.3 Å². The van der Waals surface area contributed by atoms with Crippen molar-refractivity contribution in [3.05, 3.63) is 59.2 Å². The molecule has 5 rings (SSSR count). The molecule has 0 bridgehead atoms. The second-order valence-corrected chi connectivity index (χ2v) is 9.06. The molecule has 1 unspecified atom stereocenters. The molecular formula is C24H24N4O4. The highest BCUT2D eigenvalue weighted by atomic mass is 16.2. The van der Waals surface area contributed by atoms with Gasteiger partial charge in [0.15, 0.2) is 0 Å². The van der Waals surface area contributed by atoms with Crippen molar-refractivity contribution < 1.29 is 19.2 Å². The number of amides is 4. The van der Waals surface area contributed by atoms with Crippen molar-refractivity contribution in [2.24, 2.45) is 0 Å². The predicted molar refractivity (Wildman–Crippen MR) is 118 cm³/mol. The quantitative estimate of drug-likeness (QED) is 0.723. The third-order valence-corrected chi connectivity index (χ3v) is 6.52. The summed E-state index contributed by atoms with van der Waals surface area (Å²) in [5.41, 5.74) is 3.20. The number of anilines is 2. The molecule has 1 saturated heterocycles. The van der Waals surface area contributed by atoms with Crippen LogP contribution in [-0.2, 0) is 16.1 Å². The van der Waals surface area contributed by atoms with Gasteiger partial charge in [0.05, 0.1) is 28.0 Å². The van der Waals surface area contributed by atoms with Crippen molar-refractivity contribution in [2.45, 2.75) is 44.8 Å². The summed E-state index contributed by atoms with van der Waals surface area (Å²) in [7, 11) is 0. The monoisotopic (exact) mass is 432 g/mol. The minimum absolute atomic E-state index is 0.0996. The number of para-hydroxylation sites is 2. The zero-order valence-corrected chi connectivity index (χ0v) is 18.0. The summed E-state index contributed by atoms with van der Waals surface area (Å²) in [6.45, 7) is 5.43. The van der Waals surface area contributed by atoms with Crippen LogP contribution in [0.2, 0.25) is 0 Å². The zero-order valence-electron chi connectivity index (χ0n) is 18.0. The molecule has 3 aliphatic heterocycles. The molecule has 0 saturated carbocycles. The van der Waals surface area contributed by atoms with Crippen LogP contribution >= 0.6 is 0 Å². The van der Waals surface area contributed by atoms with Crippen LogP contribution in [0, 0.1) is 0 Å². The molecule has 164 valence electrons. The van der Waals surface area contributed by atoms with Crippen LogP contribution in [0.25, 0.3) is 0 Å². The van der Waals surface area contributed by atoms with Gasteiger partial charge in [0.2, 0.25) is 11.8 Å². The molecule has 2 aromatic carbocycles. The summed E-state index contributed by atoms with van der Waals surface area (Å²) in [5, 5.41) is 5.69. The number of benzene rings is 2. The molecule has 1 atom stereocenters. The summed E-state index contributed by atoms with van der Waals surface area (Å²) in [6.07, 6.45) is 0.242. The molecule has 32 heavy (non-hydrogen) atoms. The highest BCUT2D eigenvalue weighted by Crippen LogP contribution is 2.38. The SMILES string of the molecule is CC1(C)CNc2ccccc2N1Cc1cccc2c1C(=O)N(C1CCC(=O)NC1=O)C2=O. The van der Waals surface area contributed by atoms with Crippen LogP contribution in [-0.4, -0.2) is 46.7 Å². The van der Waals surface area contributed by atoms with Gasteiger partial charge < -0.3 is 10.2 Å². The van der Waals surface area contributed by atoms with E-state index in [4.69, 9.17) is 0 Å². The molecule has 3 aliphatic rings. The van der Waals surface area contributed by atoms with Gasteiger partial charge in [-0.1, -0.05) is 24.3 Å². The standard InChI is InChI=1S/C24H24N4O4/c1-24(2)13-25-16-8-3-4-9-17(16)27(24)12-14-6-5-7-15-20(14)23(32)28(22(15)31)18-10-11-19(29)26-21(18)30/h3-9,18,25H,10-13H2,1-2H3,(H,26,29,30). The summed E-state index contributed by atoms with van der Waals surface area (Å²) in [6, 6.07) is 12.3. The van der Waals surface area contributed by atoms with Crippen molar-refractivity contribution >= 4 is 35.0 Å². The van der Waals surface area contributed by atoms with E-state index in [1.165, 1.54) is 0 Å². The van der Waals surface area contributed by atoms with Gasteiger partial charge in [0, 0.05) is 19.5 Å². The molecule has 1 fully saturated rings. The first kappa shape index (κ1) is 20.2. The summed E-state index contributed by atoms with van der Waals surface area (Å²) in [4.78, 5) is 53.7. The van der Waals surface area contributed by atoms with Crippen molar-refractivity contribution in [1.29, 1.82) is 0 Å². The van der Waals surface area contributed by atoms with Gasteiger partial charge in [-0.15, -0.1) is 0 Å². The third kappa shape index (κ3) is 3.05. The van der Waals surface area contributed by atoms with Crippen molar-refractivity contribution in [3.8, 4) is 0 Å². The topological polar surface area (TPSA) is 98.8 Å². The Bertz CT molecular complexity index is 1170. The van der Waals surface area contributed by atoms with Crippen LogP contribution in [0.15, 0.2) is 42.5 Å². The maximum absolute atomic E-state index is 13.4. The number of hydrogen-bond acceptors (Lipinski definition) is 6. The third-order valence-electron chi connectivity index (χ3n) is 6.52. The smallest absolute Gasteiger partial charge is 0.262 e. The molecule has 0 aromatic heterocycles. The van der Waals surface area contributed by atoms with Gasteiger partial charge in [-0.3, -0.25) is 29.4 Å². The fourth-order valence-corrected chi connectivity index (χ4v) is 4.78. The lowest BCUT2D eigenvalue weighted by atomic mass is 9.94. The molecule has 8 nitrogen and oxygen atoms in total. The predicted octanol–water partition coefficient (Wildman–Crippen LogP) is 2.30. The number of piperidine rings is 1. The number of nitrogens with one attached hydrogen (secondary N) is 2. The van der Waals surface area contributed by atoms with Crippen molar-refractivity contribution in [2.75, 3.05) is 16.8 Å². The van der Waals surface area contributed by atoms with E-state index >= 15 is 0 Å². The minimum atomic E-state index is -0.968. The number of hydrogen-bond donors (Lipinski definition) is 2. The first-order chi connectivity index (χ1) is 15.3. The van der Waals surface area contributed by atoms with Gasteiger partial charge in [0.25, 0.3) is 11.8 Å². The van der Waals surface area contributed by atoms with E-state index in [2.05, 4.69) is 29.4 Å². The molecule has 8 heteroatoms. The number of imide groups is 2. The fourth-order valence-electron chi connectivity index (χ4n) is 4.78. The van der Waals surface area contributed by atoms with Crippen LogP contribution in [0.5, 0.6) is 0 Å². The average molecular weight is 432 g/mol. The van der Waals surface area contributed by atoms with Crippen LogP contribution in [0.1, 0.15) is 53.0 Å². The van der Waals surface area contributed by atoms with Gasteiger partial charge in [-0.2, -0.15) is 0 Å². The Balaban J connectivity index is 1.52. The van der Waals surface area contributed by atoms with E-state index in [9.17, 15) is 19.2 Å². The van der Waals surface area contributed by atoms with E-state index in [1.54, 1.807) is 12.1 Å². The second-order valence-electron chi connectivity index (χ2n) is 9.06. The summed E-state index contributed by atoms with van der Waals surface area (Å²) >= 11 is 0. The summed E-state index contributed by atoms with van der Waals surface area (Å²) < 4.78 is 0. The van der Waals surface area contributed by atoms with Crippen LogP contribution in [0.3, 0.4) is 0 Å². The lowest BCUT2D eigenvalue weighted by Crippen LogP contribution is -2.54. The van der Waals surface area contributed by atoms with E-state index in [0.717, 1.165) is 28.4 Å². The zero-order chi connectivity index (χ0) is 22.6. The molecule has 0 spiro atoms. The molecule has 4 amide bonds. The van der Waals surface area contributed by atoms with Gasteiger partial charge in [-0.05, 0) is 44.0 Å². The Kier molecular flexibility index (Phi) is 4.54. The first-order valence-electron chi connectivity index (χ1n) is 10.7. The average Bonchev–Trinajstić information content (AvgIpc) is 3.01. The Labute approximate surface area is 185 Å². The van der Waals surface area contributed by atoms with Crippen molar-refractivity contribution in [3.63, 3.8) is 0 Å².